The van der Waals surface area contributed by atoms with Crippen molar-refractivity contribution in [1.82, 2.24) is 14.8 Å². The van der Waals surface area contributed by atoms with Gasteiger partial charge in [0.15, 0.2) is 0 Å². The average Bonchev–Trinajstić information content (AvgIpc) is 3.40. The van der Waals surface area contributed by atoms with E-state index in [1.807, 2.05) is 17.0 Å². The molecule has 6 heteroatoms. The van der Waals surface area contributed by atoms with Gasteiger partial charge >= 0.3 is 5.97 Å². The molecule has 3 heterocycles. The highest BCUT2D eigenvalue weighted by Gasteiger charge is 2.49. The van der Waals surface area contributed by atoms with Crippen LogP contribution in [-0.2, 0) is 16.1 Å². The number of aliphatic carboxylic acids is 1. The van der Waals surface area contributed by atoms with Crippen molar-refractivity contribution in [2.24, 2.45) is 11.3 Å². The van der Waals surface area contributed by atoms with Crippen LogP contribution in [0.5, 0.6) is 0 Å². The summed E-state index contributed by atoms with van der Waals surface area (Å²) >= 11 is 0. The van der Waals surface area contributed by atoms with Crippen LogP contribution in [0.2, 0.25) is 0 Å². The molecule has 1 aliphatic carbocycles. The van der Waals surface area contributed by atoms with Gasteiger partial charge < -0.3 is 10.0 Å². The number of nitrogens with zero attached hydrogens (tertiary/aromatic N) is 3. The number of rotatable bonds is 4. The van der Waals surface area contributed by atoms with Crippen molar-refractivity contribution in [3.63, 3.8) is 0 Å². The zero-order valence-corrected chi connectivity index (χ0v) is 14.4. The first-order valence-corrected chi connectivity index (χ1v) is 9.21. The zero-order valence-electron chi connectivity index (χ0n) is 14.4. The van der Waals surface area contributed by atoms with E-state index in [4.69, 9.17) is 0 Å². The van der Waals surface area contributed by atoms with E-state index in [2.05, 4.69) is 9.88 Å². The summed E-state index contributed by atoms with van der Waals surface area (Å²) in [5.41, 5.74) is 1.14. The van der Waals surface area contributed by atoms with Gasteiger partial charge in [-0.1, -0.05) is 0 Å². The van der Waals surface area contributed by atoms with Gasteiger partial charge in [-0.15, -0.1) is 0 Å². The molecule has 0 unspecified atom stereocenters. The number of piperidine rings is 1. The number of carbonyl (C=O) groups excluding carboxylic acids is 1. The lowest BCUT2D eigenvalue weighted by molar-refractivity contribution is -0.142. The van der Waals surface area contributed by atoms with Gasteiger partial charge in [0.1, 0.15) is 6.04 Å². The molecule has 3 fully saturated rings. The minimum Gasteiger partial charge on any atom is -0.480 e. The number of hydrogen-bond donors (Lipinski definition) is 1. The van der Waals surface area contributed by atoms with E-state index in [-0.39, 0.29) is 11.3 Å². The summed E-state index contributed by atoms with van der Waals surface area (Å²) in [6.45, 7) is 3.01. The first kappa shape index (κ1) is 16.5. The molecule has 25 heavy (non-hydrogen) atoms. The molecule has 2 aliphatic heterocycles. The molecule has 1 aromatic heterocycles. The molecule has 3 aliphatic rings. The summed E-state index contributed by atoms with van der Waals surface area (Å²) in [6.07, 6.45) is 8.11. The summed E-state index contributed by atoms with van der Waals surface area (Å²) in [7, 11) is 0. The highest BCUT2D eigenvalue weighted by molar-refractivity contribution is 5.81. The molecule has 0 aromatic carbocycles. The van der Waals surface area contributed by atoms with E-state index in [0.717, 1.165) is 50.9 Å². The van der Waals surface area contributed by atoms with Crippen LogP contribution < -0.4 is 0 Å². The summed E-state index contributed by atoms with van der Waals surface area (Å²) in [4.78, 5) is 32.2. The Labute approximate surface area is 147 Å². The number of carboxylic acids is 1. The van der Waals surface area contributed by atoms with Gasteiger partial charge in [-0.05, 0) is 55.2 Å². The molecule has 0 bridgehead atoms. The largest absolute Gasteiger partial charge is 0.480 e. The molecule has 1 spiro atoms. The lowest BCUT2D eigenvalue weighted by Crippen LogP contribution is -2.44. The summed E-state index contributed by atoms with van der Waals surface area (Å²) in [6, 6.07) is 3.46. The number of hydrogen-bond acceptors (Lipinski definition) is 4. The van der Waals surface area contributed by atoms with E-state index < -0.39 is 12.0 Å². The first-order valence-electron chi connectivity index (χ1n) is 9.21. The van der Waals surface area contributed by atoms with Crippen molar-refractivity contribution in [3.8, 4) is 0 Å². The third-order valence-electron chi connectivity index (χ3n) is 6.09. The van der Waals surface area contributed by atoms with E-state index in [1.54, 1.807) is 12.4 Å². The Morgan fingerprint density at radius 2 is 1.88 bits per heavy atom. The van der Waals surface area contributed by atoms with Gasteiger partial charge in [0.25, 0.3) is 0 Å². The number of aromatic nitrogens is 1. The maximum absolute atomic E-state index is 12.3. The monoisotopic (exact) mass is 343 g/mol. The lowest BCUT2D eigenvalue weighted by atomic mass is 9.76. The minimum atomic E-state index is -0.734. The van der Waals surface area contributed by atoms with Crippen LogP contribution >= 0.6 is 0 Å². The minimum absolute atomic E-state index is 0.0381. The van der Waals surface area contributed by atoms with Crippen LogP contribution in [0.3, 0.4) is 0 Å². The Morgan fingerprint density at radius 3 is 2.48 bits per heavy atom. The van der Waals surface area contributed by atoms with Crippen LogP contribution in [0, 0.1) is 11.3 Å². The Morgan fingerprint density at radius 1 is 1.20 bits per heavy atom. The third-order valence-corrected chi connectivity index (χ3v) is 6.09. The van der Waals surface area contributed by atoms with Gasteiger partial charge in [0, 0.05) is 44.5 Å². The molecular formula is C19H25N3O3. The molecule has 4 rings (SSSR count). The van der Waals surface area contributed by atoms with Crippen molar-refractivity contribution in [1.29, 1.82) is 0 Å². The van der Waals surface area contributed by atoms with Crippen molar-refractivity contribution >= 4 is 11.9 Å². The molecule has 1 N–H and O–H groups in total. The van der Waals surface area contributed by atoms with Crippen molar-refractivity contribution in [2.75, 3.05) is 19.6 Å². The molecule has 134 valence electrons. The normalized spacial score (nSPS) is 26.1. The second-order valence-corrected chi connectivity index (χ2v) is 7.92. The van der Waals surface area contributed by atoms with Gasteiger partial charge in [-0.3, -0.25) is 19.5 Å². The van der Waals surface area contributed by atoms with Gasteiger partial charge in [0.05, 0.1) is 0 Å². The number of pyridine rings is 1. The molecule has 6 nitrogen and oxygen atoms in total. The Hall–Kier alpha value is -1.95. The van der Waals surface area contributed by atoms with Crippen LogP contribution in [0.25, 0.3) is 0 Å². The third kappa shape index (κ3) is 3.40. The Balaban J connectivity index is 1.43. The second-order valence-electron chi connectivity index (χ2n) is 7.92. The maximum atomic E-state index is 12.3. The molecule has 1 atom stereocenters. The van der Waals surface area contributed by atoms with E-state index in [1.165, 1.54) is 0 Å². The number of likely N-dealkylation sites (tertiary alicyclic amines) is 2. The fraction of sp³-hybridized carbons (Fsp3) is 0.632. The molecule has 0 radical (unpaired) electrons. The van der Waals surface area contributed by atoms with Crippen molar-refractivity contribution in [2.45, 2.75) is 44.7 Å². The SMILES string of the molecule is O=C(O)[C@@H]1CC2(CCN(C(=O)C3CC3)CC2)CN1Cc1ccncc1. The predicted molar refractivity (Wildman–Crippen MR) is 91.7 cm³/mol. The summed E-state index contributed by atoms with van der Waals surface area (Å²) in [5.74, 6) is -0.147. The second kappa shape index (κ2) is 6.41. The lowest BCUT2D eigenvalue weighted by Gasteiger charge is -2.39. The Kier molecular flexibility index (Phi) is 4.23. The standard InChI is InChI=1S/C19H25N3O3/c23-17(15-1-2-15)21-9-5-19(6-10-21)11-16(18(24)25)22(13-19)12-14-3-7-20-8-4-14/h3-4,7-8,15-16H,1-2,5-6,9-13H2,(H,24,25)/t16-/m0/s1. The first-order chi connectivity index (χ1) is 12.1. The molecule has 1 amide bonds. The highest BCUT2D eigenvalue weighted by atomic mass is 16.4. The highest BCUT2D eigenvalue weighted by Crippen LogP contribution is 2.44. The van der Waals surface area contributed by atoms with E-state index in [0.29, 0.717) is 18.9 Å². The topological polar surface area (TPSA) is 73.7 Å². The molecular weight excluding hydrogens is 318 g/mol. The predicted octanol–water partition coefficient (Wildman–Crippen LogP) is 1.76. The van der Waals surface area contributed by atoms with Crippen LogP contribution in [-0.4, -0.2) is 57.4 Å². The smallest absolute Gasteiger partial charge is 0.320 e. The number of carboxylic acid groups (broad SMARTS) is 1. The fourth-order valence-corrected chi connectivity index (χ4v) is 4.43. The van der Waals surface area contributed by atoms with Crippen molar-refractivity contribution < 1.29 is 14.7 Å². The molecule has 1 saturated carbocycles. The Bertz CT molecular complexity index is 651. The van der Waals surface area contributed by atoms with Crippen molar-refractivity contribution in [3.05, 3.63) is 30.1 Å². The van der Waals surface area contributed by atoms with Gasteiger partial charge in [-0.2, -0.15) is 0 Å². The quantitative estimate of drug-likeness (QED) is 0.902. The number of carbonyl (C=O) groups is 2. The average molecular weight is 343 g/mol. The van der Waals surface area contributed by atoms with Crippen LogP contribution in [0.1, 0.15) is 37.7 Å². The maximum Gasteiger partial charge on any atom is 0.320 e. The summed E-state index contributed by atoms with van der Waals surface area (Å²) < 4.78 is 0. The van der Waals surface area contributed by atoms with E-state index >= 15 is 0 Å². The van der Waals surface area contributed by atoms with Crippen LogP contribution in [0.4, 0.5) is 0 Å². The van der Waals surface area contributed by atoms with Gasteiger partial charge in [0.2, 0.25) is 5.91 Å². The van der Waals surface area contributed by atoms with E-state index in [9.17, 15) is 14.7 Å². The zero-order chi connectivity index (χ0) is 17.4. The van der Waals surface area contributed by atoms with Gasteiger partial charge in [-0.25, -0.2) is 0 Å². The molecule has 2 saturated heterocycles. The summed E-state index contributed by atoms with van der Waals surface area (Å²) in [5, 5.41) is 9.68. The number of amides is 1. The molecule has 1 aromatic rings. The fourth-order valence-electron chi connectivity index (χ4n) is 4.43. The van der Waals surface area contributed by atoms with Crippen LogP contribution in [0.15, 0.2) is 24.5 Å².